The molecule has 160 valence electrons. The summed E-state index contributed by atoms with van der Waals surface area (Å²) in [6.07, 6.45) is 8.56. The first-order valence-corrected chi connectivity index (χ1v) is 11.3. The minimum atomic E-state index is -0.413. The van der Waals surface area contributed by atoms with E-state index < -0.39 is 5.41 Å². The highest BCUT2D eigenvalue weighted by molar-refractivity contribution is 5.88. The van der Waals surface area contributed by atoms with Crippen molar-refractivity contribution in [3.63, 3.8) is 0 Å². The number of aliphatic hydroxyl groups excluding tert-OH is 1. The van der Waals surface area contributed by atoms with Crippen LogP contribution in [0.1, 0.15) is 37.3 Å². The Kier molecular flexibility index (Phi) is 5.15. The summed E-state index contributed by atoms with van der Waals surface area (Å²) in [5.41, 5.74) is 0.748. The fourth-order valence-corrected chi connectivity index (χ4v) is 6.05. The van der Waals surface area contributed by atoms with Crippen molar-refractivity contribution in [2.24, 2.45) is 11.8 Å². The van der Waals surface area contributed by atoms with Crippen LogP contribution in [0.4, 0.5) is 0 Å². The zero-order valence-corrected chi connectivity index (χ0v) is 17.7. The number of carbonyl (C=O) groups excluding carboxylic acids is 1. The second-order valence-corrected chi connectivity index (χ2v) is 9.60. The average Bonchev–Trinajstić information content (AvgIpc) is 3.44. The molecular formula is C24H32N4O2. The van der Waals surface area contributed by atoms with Gasteiger partial charge in [0.25, 0.3) is 0 Å². The molecule has 4 atom stereocenters. The van der Waals surface area contributed by atoms with Gasteiger partial charge in [0.1, 0.15) is 0 Å². The van der Waals surface area contributed by atoms with Crippen molar-refractivity contribution in [1.82, 2.24) is 19.4 Å². The number of piperidine rings is 1. The Morgan fingerprint density at radius 2 is 1.80 bits per heavy atom. The first-order chi connectivity index (χ1) is 14.6. The van der Waals surface area contributed by atoms with Gasteiger partial charge in [0.15, 0.2) is 0 Å². The van der Waals surface area contributed by atoms with E-state index in [0.29, 0.717) is 17.7 Å². The van der Waals surface area contributed by atoms with Crippen molar-refractivity contribution >= 4 is 5.91 Å². The number of aromatic nitrogens is 2. The summed E-state index contributed by atoms with van der Waals surface area (Å²) in [4.78, 5) is 22.6. The molecule has 3 heterocycles. The lowest BCUT2D eigenvalue weighted by Gasteiger charge is -2.42. The number of imidazole rings is 1. The van der Waals surface area contributed by atoms with E-state index in [-0.39, 0.29) is 12.1 Å². The molecule has 1 amide bonds. The SMILES string of the molecule is CN1CCC(C(=O)N2C[C@H]3C[C@@H](n4ccnc4)[C@H](O)C[C@H]3C2)(c2ccccc2)CC1. The van der Waals surface area contributed by atoms with Crippen molar-refractivity contribution in [3.05, 3.63) is 54.6 Å². The van der Waals surface area contributed by atoms with Crippen LogP contribution in [0.25, 0.3) is 0 Å². The number of rotatable bonds is 3. The number of benzene rings is 1. The normalized spacial score (nSPS) is 31.5. The van der Waals surface area contributed by atoms with Crippen molar-refractivity contribution in [2.45, 2.75) is 43.2 Å². The van der Waals surface area contributed by atoms with E-state index in [1.807, 2.05) is 16.8 Å². The van der Waals surface area contributed by atoms with Gasteiger partial charge in [-0.2, -0.15) is 0 Å². The topological polar surface area (TPSA) is 61.6 Å². The van der Waals surface area contributed by atoms with E-state index in [1.54, 1.807) is 12.5 Å². The molecule has 1 aromatic heterocycles. The van der Waals surface area contributed by atoms with Crippen LogP contribution in [0.15, 0.2) is 49.1 Å². The number of likely N-dealkylation sites (tertiary alicyclic amines) is 2. The minimum absolute atomic E-state index is 0.0650. The fourth-order valence-electron chi connectivity index (χ4n) is 6.05. The summed E-state index contributed by atoms with van der Waals surface area (Å²) in [7, 11) is 2.14. The van der Waals surface area contributed by atoms with Crippen molar-refractivity contribution in [2.75, 3.05) is 33.2 Å². The van der Waals surface area contributed by atoms with Gasteiger partial charge in [-0.3, -0.25) is 4.79 Å². The molecule has 0 spiro atoms. The lowest BCUT2D eigenvalue weighted by molar-refractivity contribution is -0.138. The summed E-state index contributed by atoms with van der Waals surface area (Å²) in [5, 5.41) is 10.8. The van der Waals surface area contributed by atoms with Crippen LogP contribution in [0.2, 0.25) is 0 Å². The molecular weight excluding hydrogens is 376 g/mol. The van der Waals surface area contributed by atoms with E-state index >= 15 is 0 Å². The standard InChI is InChI=1S/C24H32N4O2/c1-26-10-7-24(8-11-26,20-5-3-2-4-6-20)23(30)28-15-18-13-21(27-12-9-25-17-27)22(29)14-19(18)16-28/h2-6,9,12,17-19,21-22,29H,7-8,10-11,13-16H2,1H3/t18-,19+,21-,22-/m1/s1. The summed E-state index contributed by atoms with van der Waals surface area (Å²) < 4.78 is 2.04. The number of nitrogens with zero attached hydrogens (tertiary/aromatic N) is 4. The van der Waals surface area contributed by atoms with Crippen LogP contribution in [-0.4, -0.2) is 69.7 Å². The van der Waals surface area contributed by atoms with Gasteiger partial charge in [0.05, 0.1) is 23.9 Å². The molecule has 0 radical (unpaired) electrons. The Hall–Kier alpha value is -2.18. The van der Waals surface area contributed by atoms with E-state index in [0.717, 1.165) is 57.4 Å². The third-order valence-corrected chi connectivity index (χ3v) is 7.88. The Morgan fingerprint density at radius 1 is 1.10 bits per heavy atom. The van der Waals surface area contributed by atoms with Gasteiger partial charge in [-0.15, -0.1) is 0 Å². The van der Waals surface area contributed by atoms with Crippen LogP contribution >= 0.6 is 0 Å². The number of aliphatic hydroxyl groups is 1. The molecule has 2 aromatic rings. The van der Waals surface area contributed by atoms with Gasteiger partial charge in [-0.05, 0) is 63.2 Å². The Labute approximate surface area is 178 Å². The van der Waals surface area contributed by atoms with Gasteiger partial charge >= 0.3 is 0 Å². The van der Waals surface area contributed by atoms with Crippen LogP contribution in [0.5, 0.6) is 0 Å². The molecule has 3 aliphatic rings. The molecule has 30 heavy (non-hydrogen) atoms. The van der Waals surface area contributed by atoms with E-state index in [4.69, 9.17) is 0 Å². The molecule has 1 N–H and O–H groups in total. The molecule has 6 nitrogen and oxygen atoms in total. The monoisotopic (exact) mass is 408 g/mol. The van der Waals surface area contributed by atoms with Crippen LogP contribution in [0.3, 0.4) is 0 Å². The first kappa shape index (κ1) is 19.8. The molecule has 6 heteroatoms. The van der Waals surface area contributed by atoms with Gasteiger partial charge in [0.2, 0.25) is 5.91 Å². The lowest BCUT2D eigenvalue weighted by atomic mass is 9.71. The molecule has 0 bridgehead atoms. The zero-order valence-electron chi connectivity index (χ0n) is 17.7. The second-order valence-electron chi connectivity index (χ2n) is 9.60. The summed E-state index contributed by atoms with van der Waals surface area (Å²) in [5.74, 6) is 1.14. The number of hydrogen-bond donors (Lipinski definition) is 1. The van der Waals surface area contributed by atoms with E-state index in [9.17, 15) is 9.90 Å². The largest absolute Gasteiger partial charge is 0.391 e. The maximum Gasteiger partial charge on any atom is 0.233 e. The average molecular weight is 409 g/mol. The third kappa shape index (κ3) is 3.36. The maximum absolute atomic E-state index is 14.0. The molecule has 2 saturated heterocycles. The highest BCUT2D eigenvalue weighted by Crippen LogP contribution is 2.44. The number of hydrogen-bond acceptors (Lipinski definition) is 4. The molecule has 1 saturated carbocycles. The molecule has 1 aromatic carbocycles. The van der Waals surface area contributed by atoms with Gasteiger partial charge in [0, 0.05) is 25.5 Å². The third-order valence-electron chi connectivity index (χ3n) is 7.88. The highest BCUT2D eigenvalue weighted by atomic mass is 16.3. The van der Waals surface area contributed by atoms with Crippen molar-refractivity contribution < 1.29 is 9.90 Å². The Bertz CT molecular complexity index is 861. The lowest BCUT2D eigenvalue weighted by Crippen LogP contribution is -2.52. The van der Waals surface area contributed by atoms with Crippen LogP contribution in [0, 0.1) is 11.8 Å². The zero-order chi connectivity index (χ0) is 20.7. The molecule has 1 aliphatic carbocycles. The van der Waals surface area contributed by atoms with Crippen molar-refractivity contribution in [1.29, 1.82) is 0 Å². The minimum Gasteiger partial charge on any atom is -0.391 e. The molecule has 5 rings (SSSR count). The predicted molar refractivity (Wildman–Crippen MR) is 115 cm³/mol. The number of fused-ring (bicyclic) bond motifs is 1. The second kappa shape index (κ2) is 7.82. The Morgan fingerprint density at radius 3 is 2.47 bits per heavy atom. The number of carbonyl (C=O) groups is 1. The smallest absolute Gasteiger partial charge is 0.233 e. The summed E-state index contributed by atoms with van der Waals surface area (Å²) >= 11 is 0. The fraction of sp³-hybridized carbons (Fsp3) is 0.583. The van der Waals surface area contributed by atoms with Crippen LogP contribution < -0.4 is 0 Å². The summed E-state index contributed by atoms with van der Waals surface area (Å²) in [6.45, 7) is 3.49. The molecule has 2 aliphatic heterocycles. The van der Waals surface area contributed by atoms with E-state index in [2.05, 4.69) is 46.1 Å². The molecule has 0 unspecified atom stereocenters. The summed E-state index contributed by atoms with van der Waals surface area (Å²) in [6, 6.07) is 10.5. The van der Waals surface area contributed by atoms with Crippen LogP contribution in [-0.2, 0) is 10.2 Å². The molecule has 3 fully saturated rings. The van der Waals surface area contributed by atoms with Crippen molar-refractivity contribution in [3.8, 4) is 0 Å². The van der Waals surface area contributed by atoms with Gasteiger partial charge < -0.3 is 19.5 Å². The van der Waals surface area contributed by atoms with E-state index in [1.165, 1.54) is 0 Å². The van der Waals surface area contributed by atoms with Gasteiger partial charge in [-0.1, -0.05) is 30.3 Å². The first-order valence-electron chi connectivity index (χ1n) is 11.3. The number of amides is 1. The quantitative estimate of drug-likeness (QED) is 0.847. The predicted octanol–water partition coefficient (Wildman–Crippen LogP) is 2.32. The van der Waals surface area contributed by atoms with Gasteiger partial charge in [-0.25, -0.2) is 4.98 Å². The maximum atomic E-state index is 14.0. The highest BCUT2D eigenvalue weighted by Gasteiger charge is 2.49. The Balaban J connectivity index is 1.37.